The fourth-order valence-corrected chi connectivity index (χ4v) is 1.59. The molecule has 0 fully saturated rings. The third-order valence-electron chi connectivity index (χ3n) is 2.30. The molecule has 0 radical (unpaired) electrons. The van der Waals surface area contributed by atoms with Gasteiger partial charge in [-0.15, -0.1) is 5.10 Å². The molecule has 0 spiro atoms. The first-order chi connectivity index (χ1) is 9.08. The quantitative estimate of drug-likeness (QED) is 0.872. The average molecular weight is 259 g/mol. The molecule has 0 saturated heterocycles. The Balaban J connectivity index is 2.33. The van der Waals surface area contributed by atoms with Gasteiger partial charge in [0.15, 0.2) is 0 Å². The van der Waals surface area contributed by atoms with E-state index in [1.807, 2.05) is 18.2 Å². The summed E-state index contributed by atoms with van der Waals surface area (Å²) in [5.41, 5.74) is 0.656. The summed E-state index contributed by atoms with van der Waals surface area (Å²) in [6, 6.07) is 9.02. The highest BCUT2D eigenvalue weighted by atomic mass is 16.2. The smallest absolute Gasteiger partial charge is 0.257 e. The minimum atomic E-state index is -0.267. The number of hydrogen-bond acceptors (Lipinski definition) is 4. The molecule has 7 nitrogen and oxygen atoms in total. The van der Waals surface area contributed by atoms with Crippen molar-refractivity contribution >= 4 is 29.4 Å². The Morgan fingerprint density at radius 2 is 1.89 bits per heavy atom. The monoisotopic (exact) mass is 259 g/mol. The molecule has 7 heteroatoms. The van der Waals surface area contributed by atoms with Crippen LogP contribution in [-0.2, 0) is 9.59 Å². The molecule has 0 unspecified atom stereocenters. The average Bonchev–Trinajstić information content (AvgIpc) is 2.77. The molecule has 0 aliphatic heterocycles. The van der Waals surface area contributed by atoms with Gasteiger partial charge < -0.3 is 0 Å². The Labute approximate surface area is 109 Å². The molecular weight excluding hydrogens is 246 g/mol. The van der Waals surface area contributed by atoms with E-state index in [4.69, 9.17) is 0 Å². The topological polar surface area (TPSA) is 91.0 Å². The first kappa shape index (κ1) is 12.7. The van der Waals surface area contributed by atoms with Crippen molar-refractivity contribution in [1.29, 1.82) is 0 Å². The number of H-pyrrole nitrogens is 1. The molecule has 19 heavy (non-hydrogen) atoms. The van der Waals surface area contributed by atoms with Gasteiger partial charge in [0.05, 0.1) is 5.69 Å². The number of para-hydroxylation sites is 1. The number of carbonyl (C=O) groups is 2. The van der Waals surface area contributed by atoms with Crippen molar-refractivity contribution in [2.75, 3.05) is 10.2 Å². The molecule has 1 aromatic heterocycles. The highest BCUT2D eigenvalue weighted by Crippen LogP contribution is 2.22. The van der Waals surface area contributed by atoms with Gasteiger partial charge in [-0.25, -0.2) is 10.00 Å². The van der Waals surface area contributed by atoms with Crippen LogP contribution in [0, 0.1) is 0 Å². The summed E-state index contributed by atoms with van der Waals surface area (Å²) in [5, 5.41) is 8.94. The van der Waals surface area contributed by atoms with Gasteiger partial charge in [-0.1, -0.05) is 18.2 Å². The minimum absolute atomic E-state index is 0.183. The normalized spacial score (nSPS) is 10.0. The van der Waals surface area contributed by atoms with E-state index in [9.17, 15) is 9.59 Å². The van der Waals surface area contributed by atoms with Crippen LogP contribution in [0.5, 0.6) is 0 Å². The van der Waals surface area contributed by atoms with Gasteiger partial charge in [0.1, 0.15) is 0 Å². The number of hydrogen-bond donors (Lipinski definition) is 2. The molecule has 0 aliphatic rings. The van der Waals surface area contributed by atoms with E-state index < -0.39 is 0 Å². The Morgan fingerprint density at radius 3 is 2.47 bits per heavy atom. The van der Waals surface area contributed by atoms with Crippen LogP contribution < -0.4 is 10.2 Å². The molecule has 98 valence electrons. The van der Waals surface area contributed by atoms with E-state index in [1.54, 1.807) is 12.1 Å². The standard InChI is InChI=1S/C12H13N5O2/c1-8(18)13-11-14-12(16-15-11)17(9(2)19)10-6-4-3-5-7-10/h3-7H,1-2H3,(H2,13,14,15,16,18). The van der Waals surface area contributed by atoms with E-state index in [0.29, 0.717) is 5.69 Å². The molecular formula is C12H13N5O2. The molecule has 0 saturated carbocycles. The van der Waals surface area contributed by atoms with E-state index in [0.717, 1.165) is 0 Å². The van der Waals surface area contributed by atoms with Crippen LogP contribution in [0.25, 0.3) is 0 Å². The molecule has 2 N–H and O–H groups in total. The number of benzene rings is 1. The van der Waals surface area contributed by atoms with Gasteiger partial charge in [0.25, 0.3) is 5.95 Å². The summed E-state index contributed by atoms with van der Waals surface area (Å²) < 4.78 is 0. The second-order valence-corrected chi connectivity index (χ2v) is 3.86. The Morgan fingerprint density at radius 1 is 1.21 bits per heavy atom. The van der Waals surface area contributed by atoms with Crippen molar-refractivity contribution in [3.05, 3.63) is 30.3 Å². The predicted octanol–water partition coefficient (Wildman–Crippen LogP) is 1.45. The maximum Gasteiger partial charge on any atom is 0.257 e. The van der Waals surface area contributed by atoms with Crippen molar-refractivity contribution in [2.24, 2.45) is 0 Å². The lowest BCUT2D eigenvalue weighted by atomic mass is 10.3. The number of aromatic nitrogens is 3. The molecule has 2 rings (SSSR count). The lowest BCUT2D eigenvalue weighted by molar-refractivity contribution is -0.116. The van der Waals surface area contributed by atoms with E-state index >= 15 is 0 Å². The highest BCUT2D eigenvalue weighted by molar-refractivity contribution is 5.97. The lowest BCUT2D eigenvalue weighted by Crippen LogP contribution is -2.23. The van der Waals surface area contributed by atoms with E-state index in [2.05, 4.69) is 20.5 Å². The van der Waals surface area contributed by atoms with Crippen LogP contribution in [0.2, 0.25) is 0 Å². The highest BCUT2D eigenvalue weighted by Gasteiger charge is 2.18. The summed E-state index contributed by atoms with van der Waals surface area (Å²) >= 11 is 0. The zero-order valence-electron chi connectivity index (χ0n) is 10.5. The van der Waals surface area contributed by atoms with Gasteiger partial charge in [0.2, 0.25) is 17.8 Å². The van der Waals surface area contributed by atoms with Crippen molar-refractivity contribution in [1.82, 2.24) is 15.2 Å². The van der Waals surface area contributed by atoms with Gasteiger partial charge >= 0.3 is 0 Å². The van der Waals surface area contributed by atoms with E-state index in [-0.39, 0.29) is 23.7 Å². The first-order valence-corrected chi connectivity index (χ1v) is 5.63. The molecule has 2 aromatic rings. The van der Waals surface area contributed by atoms with Crippen LogP contribution in [-0.4, -0.2) is 27.0 Å². The van der Waals surface area contributed by atoms with Crippen LogP contribution in [0.3, 0.4) is 0 Å². The van der Waals surface area contributed by atoms with Crippen molar-refractivity contribution in [3.8, 4) is 0 Å². The Bertz CT molecular complexity index is 593. The summed E-state index contributed by atoms with van der Waals surface area (Å²) in [6.45, 7) is 2.78. The number of carbonyl (C=O) groups excluding carboxylic acids is 2. The zero-order chi connectivity index (χ0) is 13.8. The summed E-state index contributed by atoms with van der Waals surface area (Å²) in [7, 11) is 0. The molecule has 0 aliphatic carbocycles. The number of anilines is 3. The third-order valence-corrected chi connectivity index (χ3v) is 2.30. The van der Waals surface area contributed by atoms with Crippen LogP contribution in [0.15, 0.2) is 30.3 Å². The second kappa shape index (κ2) is 5.30. The van der Waals surface area contributed by atoms with Crippen molar-refractivity contribution in [2.45, 2.75) is 13.8 Å². The second-order valence-electron chi connectivity index (χ2n) is 3.86. The summed E-state index contributed by atoms with van der Waals surface area (Å²) in [6.07, 6.45) is 0. The predicted molar refractivity (Wildman–Crippen MR) is 69.9 cm³/mol. The number of amides is 2. The zero-order valence-corrected chi connectivity index (χ0v) is 10.5. The molecule has 0 atom stereocenters. The maximum absolute atomic E-state index is 11.7. The van der Waals surface area contributed by atoms with Gasteiger partial charge in [-0.05, 0) is 12.1 Å². The molecule has 0 bridgehead atoms. The van der Waals surface area contributed by atoms with Crippen molar-refractivity contribution < 1.29 is 9.59 Å². The Kier molecular flexibility index (Phi) is 3.56. The molecule has 1 heterocycles. The van der Waals surface area contributed by atoms with Gasteiger partial charge in [-0.3, -0.25) is 14.9 Å². The van der Waals surface area contributed by atoms with Crippen LogP contribution in [0.4, 0.5) is 17.6 Å². The van der Waals surface area contributed by atoms with Crippen LogP contribution >= 0.6 is 0 Å². The van der Waals surface area contributed by atoms with Gasteiger partial charge in [-0.2, -0.15) is 4.98 Å². The first-order valence-electron chi connectivity index (χ1n) is 5.63. The SMILES string of the molecule is CC(=O)Nc1nc(N(C(C)=O)c2ccccc2)n[nH]1. The molecule has 1 aromatic carbocycles. The third kappa shape index (κ3) is 2.95. The lowest BCUT2D eigenvalue weighted by Gasteiger charge is -2.16. The van der Waals surface area contributed by atoms with Gasteiger partial charge in [0, 0.05) is 13.8 Å². The maximum atomic E-state index is 11.7. The van der Waals surface area contributed by atoms with E-state index in [1.165, 1.54) is 18.7 Å². The largest absolute Gasteiger partial charge is 0.295 e. The summed E-state index contributed by atoms with van der Waals surface area (Å²) in [5.74, 6) is -0.108. The minimum Gasteiger partial charge on any atom is -0.295 e. The number of aromatic amines is 1. The number of nitrogens with zero attached hydrogens (tertiary/aromatic N) is 3. The fourth-order valence-electron chi connectivity index (χ4n) is 1.59. The molecule has 2 amide bonds. The number of nitrogens with one attached hydrogen (secondary N) is 2. The number of rotatable bonds is 3. The fraction of sp³-hybridized carbons (Fsp3) is 0.167. The van der Waals surface area contributed by atoms with Crippen LogP contribution in [0.1, 0.15) is 13.8 Å². The summed E-state index contributed by atoms with van der Waals surface area (Å²) in [4.78, 5) is 28.0. The van der Waals surface area contributed by atoms with Crippen molar-refractivity contribution in [3.63, 3.8) is 0 Å². The Hall–Kier alpha value is -2.70.